The number of guanidine groups is 1. The van der Waals surface area contributed by atoms with Crippen molar-refractivity contribution in [3.8, 4) is 0 Å². The molecule has 0 rings (SSSR count). The standard InChI is InChI=1S/C27H50N12O10S/c1-13(34-23(45)16(9-19(30)41)38-24(46)17(11-40)35-20(42)10-29)21(43)39-18(12-50)25(47)36-14(5-2-3-7-28)22(44)37-15(26(48)49)6-4-8-33-27(31)32/h13-18,40,50H,2-12,28-29H2,1H3,(H2,30,41)(H,34,45)(H,35,42)(H,36,47)(H,37,44)(H,38,46)(H,39,43)(H,48,49)(H4,31,32,33)/t13-,14-,15-,16-,17-,18-/m0/s1. The number of carbonyl (C=O) groups excluding carboxylic acids is 7. The maximum Gasteiger partial charge on any atom is 0.326 e. The van der Waals surface area contributed by atoms with Gasteiger partial charge in [-0.3, -0.25) is 38.6 Å². The molecular formula is C27H50N12O10S. The van der Waals surface area contributed by atoms with E-state index in [-0.39, 0.29) is 37.5 Å². The number of carboxylic acids is 1. The van der Waals surface area contributed by atoms with Gasteiger partial charge in [0, 0.05) is 12.3 Å². The fourth-order valence-electron chi connectivity index (χ4n) is 4.07. The van der Waals surface area contributed by atoms with E-state index in [1.807, 2.05) is 0 Å². The summed E-state index contributed by atoms with van der Waals surface area (Å²) in [5.74, 6) is -8.22. The molecule has 0 aromatic heterocycles. The maximum atomic E-state index is 13.2. The fourth-order valence-corrected chi connectivity index (χ4v) is 4.32. The van der Waals surface area contributed by atoms with E-state index >= 15 is 0 Å². The van der Waals surface area contributed by atoms with Gasteiger partial charge in [-0.15, -0.1) is 0 Å². The third-order valence-corrected chi connectivity index (χ3v) is 7.13. The number of amides is 7. The lowest BCUT2D eigenvalue weighted by atomic mass is 10.1. The van der Waals surface area contributed by atoms with Crippen molar-refractivity contribution in [2.45, 2.75) is 81.7 Å². The Kier molecular flexibility index (Phi) is 22.1. The number of aliphatic carboxylic acids is 1. The number of nitrogens with two attached hydrogens (primary N) is 5. The summed E-state index contributed by atoms with van der Waals surface area (Å²) < 4.78 is 0. The molecule has 22 nitrogen and oxygen atoms in total. The van der Waals surface area contributed by atoms with Crippen LogP contribution in [0.2, 0.25) is 0 Å². The Labute approximate surface area is 293 Å². The van der Waals surface area contributed by atoms with Crippen LogP contribution in [0.3, 0.4) is 0 Å². The Morgan fingerprint density at radius 2 is 1.20 bits per heavy atom. The van der Waals surface area contributed by atoms with Gasteiger partial charge in [-0.2, -0.15) is 12.6 Å². The molecular weight excluding hydrogens is 684 g/mol. The van der Waals surface area contributed by atoms with Crippen molar-refractivity contribution in [3.05, 3.63) is 0 Å². The van der Waals surface area contributed by atoms with Crippen molar-refractivity contribution in [2.24, 2.45) is 33.7 Å². The molecule has 0 bridgehead atoms. The Hall–Kier alpha value is -4.74. The average Bonchev–Trinajstić information content (AvgIpc) is 3.05. The van der Waals surface area contributed by atoms with Crippen LogP contribution in [0.15, 0.2) is 4.99 Å². The zero-order valence-electron chi connectivity index (χ0n) is 27.7. The summed E-state index contributed by atoms with van der Waals surface area (Å²) >= 11 is 4.10. The van der Waals surface area contributed by atoms with Gasteiger partial charge in [0.2, 0.25) is 41.4 Å². The van der Waals surface area contributed by atoms with Gasteiger partial charge in [-0.05, 0) is 45.6 Å². The van der Waals surface area contributed by atoms with Gasteiger partial charge in [0.15, 0.2) is 5.96 Å². The number of carboxylic acid groups (broad SMARTS) is 1. The molecule has 0 aromatic carbocycles. The van der Waals surface area contributed by atoms with Crippen LogP contribution in [-0.4, -0.2) is 132 Å². The molecule has 0 heterocycles. The molecule has 0 aliphatic carbocycles. The number of carbonyl (C=O) groups is 8. The number of rotatable bonds is 25. The molecule has 7 amide bonds. The summed E-state index contributed by atoms with van der Waals surface area (Å²) in [7, 11) is 0. The van der Waals surface area contributed by atoms with Gasteiger partial charge in [0.25, 0.3) is 0 Å². The van der Waals surface area contributed by atoms with Crippen molar-refractivity contribution in [1.82, 2.24) is 31.9 Å². The zero-order chi connectivity index (χ0) is 38.4. The number of hydrogen-bond donors (Lipinski definition) is 14. The molecule has 0 aliphatic heterocycles. The smallest absolute Gasteiger partial charge is 0.326 e. The van der Waals surface area contributed by atoms with Crippen LogP contribution in [0.5, 0.6) is 0 Å². The summed E-state index contributed by atoms with van der Waals surface area (Å²) in [6, 6.07) is -8.40. The summed E-state index contributed by atoms with van der Waals surface area (Å²) in [6.45, 7) is 0.277. The number of unbranched alkanes of at least 4 members (excludes halogenated alkanes) is 1. The Bertz CT molecular complexity index is 1220. The van der Waals surface area contributed by atoms with Gasteiger partial charge >= 0.3 is 5.97 Å². The Morgan fingerprint density at radius 3 is 1.72 bits per heavy atom. The quantitative estimate of drug-likeness (QED) is 0.0179. The van der Waals surface area contributed by atoms with E-state index in [2.05, 4.69) is 49.5 Å². The van der Waals surface area contributed by atoms with Gasteiger partial charge in [0.1, 0.15) is 36.3 Å². The molecule has 0 saturated carbocycles. The number of thiol groups is 1. The summed E-state index contributed by atoms with van der Waals surface area (Å²) in [5, 5.41) is 32.8. The Morgan fingerprint density at radius 1 is 0.680 bits per heavy atom. The molecule has 0 aromatic rings. The second-order valence-corrected chi connectivity index (χ2v) is 11.3. The predicted octanol–water partition coefficient (Wildman–Crippen LogP) is -7.06. The zero-order valence-corrected chi connectivity index (χ0v) is 28.6. The predicted molar refractivity (Wildman–Crippen MR) is 182 cm³/mol. The third kappa shape index (κ3) is 18.1. The second-order valence-electron chi connectivity index (χ2n) is 10.9. The number of primary amides is 1. The van der Waals surface area contributed by atoms with Gasteiger partial charge in [-0.1, -0.05) is 0 Å². The highest BCUT2D eigenvalue weighted by atomic mass is 32.1. The summed E-state index contributed by atoms with van der Waals surface area (Å²) in [4.78, 5) is 103. The molecule has 0 radical (unpaired) electrons. The average molecular weight is 735 g/mol. The minimum atomic E-state index is -1.63. The lowest BCUT2D eigenvalue weighted by Gasteiger charge is -2.25. The lowest BCUT2D eigenvalue weighted by Crippen LogP contribution is -2.60. The second kappa shape index (κ2) is 24.4. The molecule has 0 spiro atoms. The lowest BCUT2D eigenvalue weighted by molar-refractivity contribution is -0.142. The molecule has 0 unspecified atom stereocenters. The number of nitrogens with zero attached hydrogens (tertiary/aromatic N) is 1. The summed E-state index contributed by atoms with van der Waals surface area (Å²) in [6.07, 6.45) is 0.451. The van der Waals surface area contributed by atoms with E-state index in [1.54, 1.807) is 0 Å². The third-order valence-electron chi connectivity index (χ3n) is 6.77. The topological polar surface area (TPSA) is 392 Å². The number of aliphatic hydroxyl groups excluding tert-OH is 1. The van der Waals surface area contributed by atoms with Crippen molar-refractivity contribution in [1.29, 1.82) is 0 Å². The Balaban J connectivity index is 5.62. The first-order chi connectivity index (χ1) is 23.5. The number of nitrogens with one attached hydrogen (secondary N) is 6. The minimum Gasteiger partial charge on any atom is -0.480 e. The largest absolute Gasteiger partial charge is 0.480 e. The van der Waals surface area contributed by atoms with E-state index in [1.165, 1.54) is 6.92 Å². The molecule has 18 N–H and O–H groups in total. The first-order valence-corrected chi connectivity index (χ1v) is 16.1. The van der Waals surface area contributed by atoms with Crippen molar-refractivity contribution in [2.75, 3.05) is 32.0 Å². The number of aliphatic imine (C=N–C) groups is 1. The molecule has 284 valence electrons. The van der Waals surface area contributed by atoms with Gasteiger partial charge < -0.3 is 70.8 Å². The van der Waals surface area contributed by atoms with E-state index in [0.29, 0.717) is 19.4 Å². The monoisotopic (exact) mass is 734 g/mol. The van der Waals surface area contributed by atoms with E-state index in [4.69, 9.17) is 28.7 Å². The maximum absolute atomic E-state index is 13.2. The first-order valence-electron chi connectivity index (χ1n) is 15.5. The molecule has 0 aliphatic rings. The number of hydrogen-bond acceptors (Lipinski definition) is 13. The van der Waals surface area contributed by atoms with Crippen LogP contribution >= 0.6 is 12.6 Å². The van der Waals surface area contributed by atoms with Gasteiger partial charge in [0.05, 0.1) is 19.6 Å². The summed E-state index contributed by atoms with van der Waals surface area (Å²) in [5.41, 5.74) is 26.4. The number of aliphatic hydroxyl groups is 1. The van der Waals surface area contributed by atoms with Crippen LogP contribution in [0.4, 0.5) is 0 Å². The molecule has 0 saturated heterocycles. The van der Waals surface area contributed by atoms with Crippen LogP contribution in [0.25, 0.3) is 0 Å². The van der Waals surface area contributed by atoms with Crippen molar-refractivity contribution < 1.29 is 48.6 Å². The van der Waals surface area contributed by atoms with Crippen LogP contribution < -0.4 is 60.6 Å². The molecule has 23 heteroatoms. The van der Waals surface area contributed by atoms with Gasteiger partial charge in [-0.25, -0.2) is 4.79 Å². The van der Waals surface area contributed by atoms with Crippen LogP contribution in [-0.2, 0) is 38.4 Å². The minimum absolute atomic E-state index is 0.0168. The van der Waals surface area contributed by atoms with Crippen LogP contribution in [0, 0.1) is 0 Å². The molecule has 0 fully saturated rings. The highest BCUT2D eigenvalue weighted by Crippen LogP contribution is 2.06. The highest BCUT2D eigenvalue weighted by molar-refractivity contribution is 7.80. The van der Waals surface area contributed by atoms with Crippen molar-refractivity contribution >= 4 is 65.9 Å². The van der Waals surface area contributed by atoms with E-state index in [0.717, 1.165) is 0 Å². The van der Waals surface area contributed by atoms with E-state index in [9.17, 15) is 48.6 Å². The van der Waals surface area contributed by atoms with Crippen LogP contribution in [0.1, 0.15) is 45.4 Å². The SMILES string of the molecule is C[C@H](NC(=O)[C@H](CC(N)=O)NC(=O)[C@H](CO)NC(=O)CN)C(=O)N[C@@H](CS)C(=O)N[C@@H](CCCCN)C(=O)N[C@@H](CCCN=C(N)N)C(=O)O. The normalized spacial score (nSPS) is 14.3. The first kappa shape index (κ1) is 45.3. The van der Waals surface area contributed by atoms with E-state index < -0.39 is 103 Å². The molecule has 50 heavy (non-hydrogen) atoms. The highest BCUT2D eigenvalue weighted by Gasteiger charge is 2.32. The fraction of sp³-hybridized carbons (Fsp3) is 0.667. The molecule has 6 atom stereocenters. The van der Waals surface area contributed by atoms with Crippen molar-refractivity contribution in [3.63, 3.8) is 0 Å².